The van der Waals surface area contributed by atoms with Crippen LogP contribution < -0.4 is 14.3 Å². The van der Waals surface area contributed by atoms with E-state index in [2.05, 4.69) is 15.0 Å². The van der Waals surface area contributed by atoms with Crippen molar-refractivity contribution in [1.29, 1.82) is 0 Å². The number of nitrogens with one attached hydrogen (secondary N) is 2. The van der Waals surface area contributed by atoms with Crippen molar-refractivity contribution in [2.24, 2.45) is 0 Å². The highest BCUT2D eigenvalue weighted by Crippen LogP contribution is 2.28. The van der Waals surface area contributed by atoms with Crippen molar-refractivity contribution in [3.63, 3.8) is 0 Å². The molecule has 0 aliphatic heterocycles. The van der Waals surface area contributed by atoms with E-state index < -0.39 is 32.5 Å². The molecular formula is C27H26N4O5S2. The number of hydrogen-bond acceptors (Lipinski definition) is 6. The molecule has 196 valence electrons. The zero-order chi connectivity index (χ0) is 27.3. The van der Waals surface area contributed by atoms with Crippen LogP contribution in [0, 0.1) is 13.8 Å². The molecule has 1 amide bonds. The predicted octanol–water partition coefficient (Wildman–Crippen LogP) is 4.33. The van der Waals surface area contributed by atoms with Gasteiger partial charge in [0.25, 0.3) is 20.0 Å². The lowest BCUT2D eigenvalue weighted by molar-refractivity contribution is -0.114. The van der Waals surface area contributed by atoms with Crippen LogP contribution in [-0.2, 0) is 24.8 Å². The first kappa shape index (κ1) is 26.8. The van der Waals surface area contributed by atoms with Crippen LogP contribution in [-0.4, -0.2) is 34.3 Å². The molecule has 0 fully saturated rings. The van der Waals surface area contributed by atoms with Gasteiger partial charge in [-0.1, -0.05) is 36.4 Å². The minimum Gasteiger partial charge on any atom is -0.325 e. The number of aryl methyl sites for hydroxylation is 2. The lowest BCUT2D eigenvalue weighted by atomic mass is 10.1. The summed E-state index contributed by atoms with van der Waals surface area (Å²) in [6.45, 7) is 3.13. The van der Waals surface area contributed by atoms with Crippen LogP contribution in [0.15, 0.2) is 107 Å². The van der Waals surface area contributed by atoms with Gasteiger partial charge in [0.1, 0.15) is 12.4 Å². The van der Waals surface area contributed by atoms with Crippen LogP contribution >= 0.6 is 0 Å². The van der Waals surface area contributed by atoms with E-state index in [1.807, 2.05) is 13.0 Å². The van der Waals surface area contributed by atoms with Gasteiger partial charge in [-0.3, -0.25) is 13.8 Å². The van der Waals surface area contributed by atoms with E-state index in [0.717, 1.165) is 9.87 Å². The van der Waals surface area contributed by atoms with E-state index in [0.29, 0.717) is 16.9 Å². The molecule has 9 nitrogen and oxygen atoms in total. The van der Waals surface area contributed by atoms with E-state index in [1.54, 1.807) is 49.4 Å². The summed E-state index contributed by atoms with van der Waals surface area (Å²) in [5.41, 5.74) is 2.24. The average Bonchev–Trinajstić information content (AvgIpc) is 2.90. The van der Waals surface area contributed by atoms with E-state index in [9.17, 15) is 21.6 Å². The van der Waals surface area contributed by atoms with Gasteiger partial charge in [0, 0.05) is 11.9 Å². The second kappa shape index (κ2) is 11.0. The van der Waals surface area contributed by atoms with Gasteiger partial charge in [0.2, 0.25) is 5.91 Å². The molecule has 0 spiro atoms. The second-order valence-electron chi connectivity index (χ2n) is 8.51. The quantitative estimate of drug-likeness (QED) is 0.320. The molecule has 4 rings (SSSR count). The molecule has 0 saturated heterocycles. The Bertz CT molecular complexity index is 1640. The number of benzene rings is 3. The largest absolute Gasteiger partial charge is 0.325 e. The van der Waals surface area contributed by atoms with Crippen LogP contribution in [0.25, 0.3) is 0 Å². The molecule has 0 atom stereocenters. The van der Waals surface area contributed by atoms with Crippen molar-refractivity contribution in [2.75, 3.05) is 20.9 Å². The maximum absolute atomic E-state index is 13.6. The van der Waals surface area contributed by atoms with Gasteiger partial charge in [-0.05, 0) is 79.6 Å². The number of hydrogen-bond donors (Lipinski definition) is 2. The minimum absolute atomic E-state index is 0.0233. The molecule has 3 aromatic carbocycles. The van der Waals surface area contributed by atoms with E-state index in [1.165, 1.54) is 48.7 Å². The Morgan fingerprint density at radius 2 is 1.50 bits per heavy atom. The highest BCUT2D eigenvalue weighted by Gasteiger charge is 2.28. The number of rotatable bonds is 9. The molecule has 0 radical (unpaired) electrons. The van der Waals surface area contributed by atoms with Crippen LogP contribution in [0.4, 0.5) is 17.2 Å². The third-order valence-corrected chi connectivity index (χ3v) is 8.75. The molecule has 1 aromatic heterocycles. The molecule has 38 heavy (non-hydrogen) atoms. The first-order chi connectivity index (χ1) is 18.1. The molecule has 0 aliphatic rings. The molecule has 0 saturated carbocycles. The first-order valence-corrected chi connectivity index (χ1v) is 14.5. The summed E-state index contributed by atoms with van der Waals surface area (Å²) < 4.78 is 55.8. The summed E-state index contributed by atoms with van der Waals surface area (Å²) in [5, 5.41) is 2.66. The highest BCUT2D eigenvalue weighted by atomic mass is 32.2. The lowest BCUT2D eigenvalue weighted by Crippen LogP contribution is -2.38. The summed E-state index contributed by atoms with van der Waals surface area (Å²) in [6.07, 6.45) is 1.47. The SMILES string of the molecule is Cc1ccc(C)c(N(CC(=O)Nc2ccc(S(=O)(=O)Nc3ccccn3)cc2)S(=O)(=O)c2ccccc2)c1. The third kappa shape index (κ3) is 6.18. The molecule has 2 N–H and O–H groups in total. The molecular weight excluding hydrogens is 524 g/mol. The van der Waals surface area contributed by atoms with Gasteiger partial charge in [0.15, 0.2) is 0 Å². The Balaban J connectivity index is 1.56. The Labute approximate surface area is 222 Å². The fourth-order valence-corrected chi connectivity index (χ4v) is 6.18. The lowest BCUT2D eigenvalue weighted by Gasteiger charge is -2.26. The number of pyridine rings is 1. The van der Waals surface area contributed by atoms with Crippen molar-refractivity contribution in [1.82, 2.24) is 4.98 Å². The van der Waals surface area contributed by atoms with Crippen molar-refractivity contribution < 1.29 is 21.6 Å². The fraction of sp³-hybridized carbons (Fsp3) is 0.111. The Kier molecular flexibility index (Phi) is 7.79. The minimum atomic E-state index is -4.06. The van der Waals surface area contributed by atoms with Crippen LogP contribution in [0.2, 0.25) is 0 Å². The standard InChI is InChI=1S/C27H26N4O5S2/c1-20-11-12-21(2)25(18-20)31(38(35,36)24-8-4-3-5-9-24)19-27(32)29-22-13-15-23(16-14-22)37(33,34)30-26-10-6-7-17-28-26/h3-18H,19H2,1-2H3,(H,28,30)(H,29,32). The summed E-state index contributed by atoms with van der Waals surface area (Å²) in [5.74, 6) is -0.413. The number of amides is 1. The fourth-order valence-electron chi connectivity index (χ4n) is 3.68. The molecule has 0 unspecified atom stereocenters. The van der Waals surface area contributed by atoms with Crippen molar-refractivity contribution in [3.05, 3.63) is 108 Å². The smallest absolute Gasteiger partial charge is 0.264 e. The van der Waals surface area contributed by atoms with Crippen LogP contribution in [0.1, 0.15) is 11.1 Å². The Hall–Kier alpha value is -4.22. The zero-order valence-corrected chi connectivity index (χ0v) is 22.3. The number of aromatic nitrogens is 1. The monoisotopic (exact) mass is 550 g/mol. The first-order valence-electron chi connectivity index (χ1n) is 11.5. The van der Waals surface area contributed by atoms with Crippen LogP contribution in [0.5, 0.6) is 0 Å². The number of nitrogens with zero attached hydrogens (tertiary/aromatic N) is 2. The predicted molar refractivity (Wildman–Crippen MR) is 147 cm³/mol. The number of carbonyl (C=O) groups excluding carboxylic acids is 1. The van der Waals surface area contributed by atoms with Gasteiger partial charge in [-0.2, -0.15) is 0 Å². The van der Waals surface area contributed by atoms with Gasteiger partial charge in [-0.25, -0.2) is 21.8 Å². The maximum atomic E-state index is 13.6. The van der Waals surface area contributed by atoms with Crippen molar-refractivity contribution in [3.8, 4) is 0 Å². The number of carbonyl (C=O) groups is 1. The molecule has 11 heteroatoms. The van der Waals surface area contributed by atoms with Crippen molar-refractivity contribution >= 4 is 43.1 Å². The summed E-state index contributed by atoms with van der Waals surface area (Å²) in [4.78, 5) is 17.0. The van der Waals surface area contributed by atoms with Gasteiger partial charge in [-0.15, -0.1) is 0 Å². The summed E-state index contributed by atoms with van der Waals surface area (Å²) in [7, 11) is -7.94. The second-order valence-corrected chi connectivity index (χ2v) is 12.1. The average molecular weight is 551 g/mol. The Morgan fingerprint density at radius 1 is 0.816 bits per heavy atom. The number of anilines is 3. The maximum Gasteiger partial charge on any atom is 0.264 e. The third-order valence-electron chi connectivity index (χ3n) is 5.60. The van der Waals surface area contributed by atoms with Crippen molar-refractivity contribution in [2.45, 2.75) is 23.6 Å². The highest BCUT2D eigenvalue weighted by molar-refractivity contribution is 7.93. The topological polar surface area (TPSA) is 126 Å². The molecule has 0 bridgehead atoms. The summed E-state index contributed by atoms with van der Waals surface area (Å²) in [6, 6.07) is 23.7. The van der Waals surface area contributed by atoms with E-state index >= 15 is 0 Å². The van der Waals surface area contributed by atoms with Gasteiger partial charge >= 0.3 is 0 Å². The van der Waals surface area contributed by atoms with E-state index in [4.69, 9.17) is 0 Å². The Morgan fingerprint density at radius 3 is 2.16 bits per heavy atom. The molecule has 0 aliphatic carbocycles. The van der Waals surface area contributed by atoms with Gasteiger partial charge in [0.05, 0.1) is 15.5 Å². The molecule has 4 aromatic rings. The normalized spacial score (nSPS) is 11.5. The number of sulfonamides is 2. The zero-order valence-electron chi connectivity index (χ0n) is 20.7. The molecule has 1 heterocycles. The summed E-state index contributed by atoms with van der Waals surface area (Å²) >= 11 is 0. The van der Waals surface area contributed by atoms with Gasteiger partial charge < -0.3 is 5.32 Å². The van der Waals surface area contributed by atoms with E-state index in [-0.39, 0.29) is 15.6 Å². The van der Waals surface area contributed by atoms with Crippen LogP contribution in [0.3, 0.4) is 0 Å².